The molecule has 12 heavy (non-hydrogen) atoms. The lowest BCUT2D eigenvalue weighted by Gasteiger charge is -2.05. The normalized spacial score (nSPS) is 26.9. The molecular formula is C5H5N4O2S+. The number of likely N-dealkylation sites (N-methyl/N-ethyl adjacent to an activating group) is 1. The van der Waals surface area contributed by atoms with Crippen molar-refractivity contribution in [3.63, 3.8) is 0 Å². The fourth-order valence-electron chi connectivity index (χ4n) is 0.918. The lowest BCUT2D eigenvalue weighted by molar-refractivity contribution is -0.283. The van der Waals surface area contributed by atoms with Gasteiger partial charge in [0.1, 0.15) is 6.20 Å². The number of amidine groups is 1. The van der Waals surface area contributed by atoms with Crippen LogP contribution in [0.3, 0.4) is 0 Å². The van der Waals surface area contributed by atoms with Gasteiger partial charge in [-0.15, -0.1) is 4.99 Å². The van der Waals surface area contributed by atoms with Crippen molar-refractivity contribution in [2.75, 3.05) is 7.05 Å². The molecule has 0 saturated heterocycles. The van der Waals surface area contributed by atoms with E-state index in [0.29, 0.717) is 10.5 Å². The van der Waals surface area contributed by atoms with Crippen LogP contribution in [0.25, 0.3) is 0 Å². The highest BCUT2D eigenvalue weighted by atomic mass is 32.2. The summed E-state index contributed by atoms with van der Waals surface area (Å²) in [6.07, 6.45) is 2.54. The molecule has 62 valence electrons. The Bertz CT molecular complexity index is 370. The highest BCUT2D eigenvalue weighted by Gasteiger charge is 2.37. The number of hydrogen-bond donors (Lipinski definition) is 0. The Kier molecular flexibility index (Phi) is 1.40. The molecule has 0 aliphatic carbocycles. The van der Waals surface area contributed by atoms with Gasteiger partial charge in [0.15, 0.2) is 5.70 Å². The molecule has 0 amide bonds. The van der Waals surface area contributed by atoms with Crippen LogP contribution in [-0.4, -0.2) is 32.5 Å². The standard InChI is InChI=1S/C5H5N4O2S/c1-8-4-2-6-3-9(10)5(4)7-12(8)11/h2-3H,1H3/q+1. The van der Waals surface area contributed by atoms with E-state index in [1.165, 1.54) is 10.5 Å². The van der Waals surface area contributed by atoms with Gasteiger partial charge in [-0.3, -0.25) is 4.31 Å². The second kappa shape index (κ2) is 2.31. The summed E-state index contributed by atoms with van der Waals surface area (Å²) in [5, 5.41) is 0. The zero-order chi connectivity index (χ0) is 8.72. The smallest absolute Gasteiger partial charge is 0.253 e. The lowest BCUT2D eigenvalue weighted by atomic mass is 10.4. The minimum atomic E-state index is -1.48. The third-order valence-electron chi connectivity index (χ3n) is 1.54. The summed E-state index contributed by atoms with van der Waals surface area (Å²) < 4.78 is 16.6. The topological polar surface area (TPSA) is 65.1 Å². The van der Waals surface area contributed by atoms with E-state index in [1.54, 1.807) is 7.05 Å². The average Bonchev–Trinajstić information content (AvgIpc) is 2.32. The summed E-state index contributed by atoms with van der Waals surface area (Å²) in [5.74, 6) is 0.158. The molecule has 2 rings (SSSR count). The molecule has 1 atom stereocenters. The summed E-state index contributed by atoms with van der Waals surface area (Å²) in [6, 6.07) is 0. The van der Waals surface area contributed by atoms with Crippen molar-refractivity contribution in [1.82, 2.24) is 4.31 Å². The third kappa shape index (κ3) is 0.828. The van der Waals surface area contributed by atoms with Gasteiger partial charge in [-0.05, 0) is 4.40 Å². The van der Waals surface area contributed by atoms with Gasteiger partial charge in [-0.25, -0.2) is 0 Å². The molecule has 0 spiro atoms. The molecular weight excluding hydrogens is 180 g/mol. The first-order chi connectivity index (χ1) is 5.70. The maximum atomic E-state index is 11.1. The van der Waals surface area contributed by atoms with Crippen molar-refractivity contribution >= 4 is 23.3 Å². The van der Waals surface area contributed by atoms with Gasteiger partial charge in [0.05, 0.1) is 0 Å². The van der Waals surface area contributed by atoms with Crippen LogP contribution >= 0.6 is 0 Å². The number of hydrogen-bond acceptors (Lipinski definition) is 3. The van der Waals surface area contributed by atoms with Crippen LogP contribution in [0.4, 0.5) is 0 Å². The van der Waals surface area contributed by atoms with Gasteiger partial charge in [0, 0.05) is 11.8 Å². The molecule has 0 radical (unpaired) electrons. The second-order valence-corrected chi connectivity index (χ2v) is 3.44. The first-order valence-electron chi connectivity index (χ1n) is 3.15. The van der Waals surface area contributed by atoms with Crippen LogP contribution in [0.15, 0.2) is 21.3 Å². The Hall–Kier alpha value is -1.37. The first-order valence-corrected chi connectivity index (χ1v) is 4.21. The molecule has 0 fully saturated rings. The molecule has 6 nitrogen and oxygen atoms in total. The van der Waals surface area contributed by atoms with Crippen molar-refractivity contribution < 1.29 is 8.97 Å². The van der Waals surface area contributed by atoms with E-state index in [2.05, 4.69) is 9.39 Å². The van der Waals surface area contributed by atoms with E-state index < -0.39 is 11.2 Å². The zero-order valence-corrected chi connectivity index (χ0v) is 6.98. The molecule has 0 aromatic rings. The van der Waals surface area contributed by atoms with E-state index >= 15 is 0 Å². The van der Waals surface area contributed by atoms with Crippen LogP contribution < -0.4 is 0 Å². The van der Waals surface area contributed by atoms with Crippen LogP contribution in [0.2, 0.25) is 0 Å². The van der Waals surface area contributed by atoms with E-state index in [4.69, 9.17) is 0 Å². The van der Waals surface area contributed by atoms with Crippen molar-refractivity contribution in [1.29, 1.82) is 0 Å². The zero-order valence-electron chi connectivity index (χ0n) is 6.17. The lowest BCUT2D eigenvalue weighted by Crippen LogP contribution is -2.24. The Morgan fingerprint density at radius 3 is 3.08 bits per heavy atom. The molecule has 0 N–H and O–H groups in total. The molecule has 2 aliphatic heterocycles. The summed E-state index contributed by atoms with van der Waals surface area (Å²) in [5.41, 5.74) is 0.492. The number of fused-ring (bicyclic) bond motifs is 1. The third-order valence-corrected chi connectivity index (χ3v) is 2.54. The van der Waals surface area contributed by atoms with Crippen molar-refractivity contribution in [2.24, 2.45) is 9.39 Å². The van der Waals surface area contributed by atoms with Crippen molar-refractivity contribution in [2.45, 2.75) is 0 Å². The highest BCUT2D eigenvalue weighted by molar-refractivity contribution is 7.82. The van der Waals surface area contributed by atoms with E-state index in [9.17, 15) is 9.12 Å². The molecule has 0 bridgehead atoms. The van der Waals surface area contributed by atoms with Gasteiger partial charge < -0.3 is 0 Å². The maximum absolute atomic E-state index is 11.1. The van der Waals surface area contributed by atoms with E-state index in [-0.39, 0.29) is 5.84 Å². The number of nitrogens with zero attached hydrogens (tertiary/aromatic N) is 4. The molecule has 2 aliphatic rings. The van der Waals surface area contributed by atoms with Gasteiger partial charge in [0.2, 0.25) is 0 Å². The number of aliphatic imine (C=N–C) groups is 1. The van der Waals surface area contributed by atoms with Gasteiger partial charge >= 0.3 is 17.0 Å². The van der Waals surface area contributed by atoms with Crippen molar-refractivity contribution in [3.05, 3.63) is 16.8 Å². The fraction of sp³-hybridized carbons (Fsp3) is 0.200. The van der Waals surface area contributed by atoms with Crippen LogP contribution in [0.5, 0.6) is 0 Å². The quantitative estimate of drug-likeness (QED) is 0.481. The maximum Gasteiger partial charge on any atom is 0.345 e. The van der Waals surface area contributed by atoms with Gasteiger partial charge in [0.25, 0.3) is 6.34 Å². The molecule has 7 heteroatoms. The highest BCUT2D eigenvalue weighted by Crippen LogP contribution is 2.18. The molecule has 2 heterocycles. The monoisotopic (exact) mass is 185 g/mol. The Balaban J connectivity index is 2.54. The largest absolute Gasteiger partial charge is 0.345 e. The minimum Gasteiger partial charge on any atom is -0.253 e. The van der Waals surface area contributed by atoms with Gasteiger partial charge in [-0.1, -0.05) is 4.91 Å². The van der Waals surface area contributed by atoms with Gasteiger partial charge in [-0.2, -0.15) is 4.21 Å². The molecule has 0 aromatic heterocycles. The Morgan fingerprint density at radius 1 is 1.67 bits per heavy atom. The predicted octanol–water partition coefficient (Wildman–Crippen LogP) is -0.429. The fourth-order valence-corrected chi connectivity index (χ4v) is 1.66. The van der Waals surface area contributed by atoms with E-state index in [1.807, 2.05) is 0 Å². The van der Waals surface area contributed by atoms with Crippen LogP contribution in [0, 0.1) is 4.91 Å². The van der Waals surface area contributed by atoms with Crippen LogP contribution in [-0.2, 0) is 11.2 Å². The summed E-state index contributed by atoms with van der Waals surface area (Å²) >= 11 is -1.48. The summed E-state index contributed by atoms with van der Waals surface area (Å²) in [6.45, 7) is 0. The summed E-state index contributed by atoms with van der Waals surface area (Å²) in [7, 11) is 1.59. The SMILES string of the molecule is CN1C2=CN=C[N+](=O)C2=NS1=O. The number of rotatable bonds is 0. The number of nitroso groups, excluding NO2 is 1. The minimum absolute atomic E-state index is 0.158. The van der Waals surface area contributed by atoms with Crippen LogP contribution in [0.1, 0.15) is 0 Å². The molecule has 0 aromatic carbocycles. The molecule has 0 saturated carbocycles. The predicted molar refractivity (Wildman–Crippen MR) is 43.5 cm³/mol. The Labute approximate surface area is 70.6 Å². The van der Waals surface area contributed by atoms with E-state index in [0.717, 1.165) is 6.34 Å². The summed E-state index contributed by atoms with van der Waals surface area (Å²) in [4.78, 5) is 14.7. The first kappa shape index (κ1) is 7.29. The molecule has 1 unspecified atom stereocenters. The second-order valence-electron chi connectivity index (χ2n) is 2.25. The average molecular weight is 185 g/mol. The Morgan fingerprint density at radius 2 is 2.42 bits per heavy atom. The van der Waals surface area contributed by atoms with Crippen molar-refractivity contribution in [3.8, 4) is 0 Å².